The molecular formula is C17H21N3O3S. The Labute approximate surface area is 145 Å². The molecule has 0 bridgehead atoms. The largest absolute Gasteiger partial charge is 0.497 e. The summed E-state index contributed by atoms with van der Waals surface area (Å²) in [4.78, 5) is 12.0. The number of anilines is 1. The van der Waals surface area contributed by atoms with E-state index in [1.54, 1.807) is 26.4 Å². The minimum atomic E-state index is -0.260. The number of rotatable bonds is 7. The average molecular weight is 347 g/mol. The van der Waals surface area contributed by atoms with E-state index in [1.807, 2.05) is 12.1 Å². The summed E-state index contributed by atoms with van der Waals surface area (Å²) in [6, 6.07) is 5.41. The van der Waals surface area contributed by atoms with Crippen molar-refractivity contribution in [3.8, 4) is 11.5 Å². The van der Waals surface area contributed by atoms with Crippen molar-refractivity contribution in [2.75, 3.05) is 19.5 Å². The highest BCUT2D eigenvalue weighted by Crippen LogP contribution is 2.23. The van der Waals surface area contributed by atoms with Crippen molar-refractivity contribution in [2.45, 2.75) is 20.3 Å². The molecule has 2 aromatic rings. The van der Waals surface area contributed by atoms with E-state index in [4.69, 9.17) is 9.47 Å². The van der Waals surface area contributed by atoms with Gasteiger partial charge in [-0.05, 0) is 29.7 Å². The number of carbonyl (C=O) groups excluding carboxylic acids is 1. The van der Waals surface area contributed by atoms with Crippen LogP contribution in [0.25, 0.3) is 6.08 Å². The molecule has 0 atom stereocenters. The Morgan fingerprint density at radius 3 is 2.46 bits per heavy atom. The molecule has 0 saturated heterocycles. The van der Waals surface area contributed by atoms with Crippen LogP contribution in [0.2, 0.25) is 0 Å². The van der Waals surface area contributed by atoms with Crippen LogP contribution in [0.1, 0.15) is 24.4 Å². The van der Waals surface area contributed by atoms with Crippen molar-refractivity contribution in [2.24, 2.45) is 5.92 Å². The lowest BCUT2D eigenvalue weighted by Gasteiger charge is -2.05. The number of aromatic nitrogens is 2. The SMILES string of the molecule is COc1cc(C=CC(=O)Nc2nnc(CC(C)C)s2)cc(OC)c1. The highest BCUT2D eigenvalue weighted by atomic mass is 32.1. The zero-order valence-electron chi connectivity index (χ0n) is 14.2. The second kappa shape index (κ2) is 8.44. The molecule has 2 rings (SSSR count). The summed E-state index contributed by atoms with van der Waals surface area (Å²) in [5, 5.41) is 12.2. The van der Waals surface area contributed by atoms with Gasteiger partial charge in [-0.2, -0.15) is 0 Å². The van der Waals surface area contributed by atoms with Crippen LogP contribution >= 0.6 is 11.3 Å². The van der Waals surface area contributed by atoms with Gasteiger partial charge in [0.15, 0.2) is 0 Å². The first-order valence-electron chi connectivity index (χ1n) is 7.54. The van der Waals surface area contributed by atoms with E-state index in [0.717, 1.165) is 17.0 Å². The van der Waals surface area contributed by atoms with Crippen LogP contribution < -0.4 is 14.8 Å². The molecule has 1 aromatic carbocycles. The van der Waals surface area contributed by atoms with Crippen molar-refractivity contribution >= 4 is 28.5 Å². The number of benzene rings is 1. The molecule has 0 fully saturated rings. The van der Waals surface area contributed by atoms with E-state index in [9.17, 15) is 4.79 Å². The number of hydrogen-bond acceptors (Lipinski definition) is 6. The van der Waals surface area contributed by atoms with Crippen LogP contribution in [0.4, 0.5) is 5.13 Å². The fourth-order valence-electron chi connectivity index (χ4n) is 1.98. The minimum absolute atomic E-state index is 0.260. The summed E-state index contributed by atoms with van der Waals surface area (Å²) in [5.41, 5.74) is 0.805. The second-order valence-electron chi connectivity index (χ2n) is 5.57. The third-order valence-electron chi connectivity index (χ3n) is 3.08. The number of hydrogen-bond donors (Lipinski definition) is 1. The van der Waals surface area contributed by atoms with E-state index in [0.29, 0.717) is 22.5 Å². The van der Waals surface area contributed by atoms with Crippen molar-refractivity contribution in [1.82, 2.24) is 10.2 Å². The lowest BCUT2D eigenvalue weighted by Crippen LogP contribution is -2.07. The maximum absolute atomic E-state index is 12.0. The number of ether oxygens (including phenoxy) is 2. The topological polar surface area (TPSA) is 73.3 Å². The van der Waals surface area contributed by atoms with Gasteiger partial charge in [0, 0.05) is 18.6 Å². The molecule has 24 heavy (non-hydrogen) atoms. The molecule has 1 N–H and O–H groups in total. The first kappa shape index (κ1) is 17.9. The second-order valence-corrected chi connectivity index (χ2v) is 6.63. The maximum Gasteiger partial charge on any atom is 0.250 e. The van der Waals surface area contributed by atoms with Crippen LogP contribution in [0.5, 0.6) is 11.5 Å². The smallest absolute Gasteiger partial charge is 0.250 e. The Morgan fingerprint density at radius 2 is 1.88 bits per heavy atom. The summed E-state index contributed by atoms with van der Waals surface area (Å²) in [6.45, 7) is 4.23. The predicted molar refractivity (Wildman–Crippen MR) is 95.7 cm³/mol. The van der Waals surface area contributed by atoms with Crippen molar-refractivity contribution < 1.29 is 14.3 Å². The van der Waals surface area contributed by atoms with E-state index in [-0.39, 0.29) is 5.91 Å². The molecule has 7 heteroatoms. The zero-order chi connectivity index (χ0) is 17.5. The Balaban J connectivity index is 2.01. The Kier molecular flexibility index (Phi) is 6.31. The monoisotopic (exact) mass is 347 g/mol. The zero-order valence-corrected chi connectivity index (χ0v) is 15.0. The van der Waals surface area contributed by atoms with Gasteiger partial charge in [0.2, 0.25) is 11.0 Å². The minimum Gasteiger partial charge on any atom is -0.497 e. The standard InChI is InChI=1S/C17H21N3O3S/c1-11(2)7-16-19-20-17(24-16)18-15(21)6-5-12-8-13(22-3)10-14(9-12)23-4/h5-6,8-11H,7H2,1-4H3,(H,18,20,21). The van der Waals surface area contributed by atoms with Crippen LogP contribution in [0.15, 0.2) is 24.3 Å². The van der Waals surface area contributed by atoms with Crippen LogP contribution in [-0.4, -0.2) is 30.3 Å². The molecule has 0 unspecified atom stereocenters. The average Bonchev–Trinajstić information content (AvgIpc) is 2.98. The first-order chi connectivity index (χ1) is 11.5. The van der Waals surface area contributed by atoms with Gasteiger partial charge in [-0.25, -0.2) is 0 Å². The molecule has 0 aliphatic rings. The summed E-state index contributed by atoms with van der Waals surface area (Å²) in [5.74, 6) is 1.57. The fraction of sp³-hybridized carbons (Fsp3) is 0.353. The summed E-state index contributed by atoms with van der Waals surface area (Å²) in [7, 11) is 3.17. The van der Waals surface area contributed by atoms with Gasteiger partial charge in [0.25, 0.3) is 0 Å². The Morgan fingerprint density at radius 1 is 1.21 bits per heavy atom. The number of amides is 1. The Bertz CT molecular complexity index is 703. The third kappa shape index (κ3) is 5.34. The molecule has 0 saturated carbocycles. The molecule has 6 nitrogen and oxygen atoms in total. The van der Waals surface area contributed by atoms with Gasteiger partial charge < -0.3 is 9.47 Å². The predicted octanol–water partition coefficient (Wildman–Crippen LogP) is 3.41. The Hall–Kier alpha value is -2.41. The third-order valence-corrected chi connectivity index (χ3v) is 3.94. The van der Waals surface area contributed by atoms with Crippen molar-refractivity contribution in [3.05, 3.63) is 34.8 Å². The summed E-state index contributed by atoms with van der Waals surface area (Å²) >= 11 is 1.40. The fourth-order valence-corrected chi connectivity index (χ4v) is 2.94. The number of nitrogens with one attached hydrogen (secondary N) is 1. The quantitative estimate of drug-likeness (QED) is 0.777. The number of methoxy groups -OCH3 is 2. The molecule has 0 spiro atoms. The molecule has 128 valence electrons. The molecule has 0 aliphatic carbocycles. The summed E-state index contributed by atoms with van der Waals surface area (Å²) < 4.78 is 10.4. The van der Waals surface area contributed by atoms with E-state index >= 15 is 0 Å². The molecule has 1 amide bonds. The number of carbonyl (C=O) groups is 1. The molecule has 0 radical (unpaired) electrons. The van der Waals surface area contributed by atoms with Gasteiger partial charge >= 0.3 is 0 Å². The van der Waals surface area contributed by atoms with Crippen molar-refractivity contribution in [3.63, 3.8) is 0 Å². The maximum atomic E-state index is 12.0. The lowest BCUT2D eigenvalue weighted by molar-refractivity contribution is -0.111. The first-order valence-corrected chi connectivity index (χ1v) is 8.36. The van der Waals surface area contributed by atoms with Gasteiger partial charge in [0.05, 0.1) is 14.2 Å². The molecule has 1 heterocycles. The van der Waals surface area contributed by atoms with Gasteiger partial charge in [-0.15, -0.1) is 10.2 Å². The summed E-state index contributed by atoms with van der Waals surface area (Å²) in [6.07, 6.45) is 3.99. The molecular weight excluding hydrogens is 326 g/mol. The molecule has 1 aromatic heterocycles. The molecule has 0 aliphatic heterocycles. The van der Waals surface area contributed by atoms with Crippen LogP contribution in [0.3, 0.4) is 0 Å². The van der Waals surface area contributed by atoms with E-state index < -0.39 is 0 Å². The van der Waals surface area contributed by atoms with E-state index in [2.05, 4.69) is 29.4 Å². The van der Waals surface area contributed by atoms with E-state index in [1.165, 1.54) is 17.4 Å². The normalized spacial score (nSPS) is 11.0. The number of nitrogens with zero attached hydrogens (tertiary/aromatic N) is 2. The van der Waals surface area contributed by atoms with Gasteiger partial charge in [-0.1, -0.05) is 25.2 Å². The van der Waals surface area contributed by atoms with Crippen LogP contribution in [0, 0.1) is 5.92 Å². The van der Waals surface area contributed by atoms with Gasteiger partial charge in [0.1, 0.15) is 16.5 Å². The van der Waals surface area contributed by atoms with Gasteiger partial charge in [-0.3, -0.25) is 10.1 Å². The lowest BCUT2D eigenvalue weighted by atomic mass is 10.1. The highest BCUT2D eigenvalue weighted by Gasteiger charge is 2.08. The van der Waals surface area contributed by atoms with Crippen molar-refractivity contribution in [1.29, 1.82) is 0 Å². The van der Waals surface area contributed by atoms with Crippen LogP contribution in [-0.2, 0) is 11.2 Å². The highest BCUT2D eigenvalue weighted by molar-refractivity contribution is 7.15.